The van der Waals surface area contributed by atoms with Crippen molar-refractivity contribution in [2.24, 2.45) is 5.92 Å². The maximum Gasteiger partial charge on any atom is 0.325 e. The van der Waals surface area contributed by atoms with Crippen LogP contribution in [0.1, 0.15) is 37.7 Å². The van der Waals surface area contributed by atoms with Crippen LogP contribution in [0.25, 0.3) is 0 Å². The molecule has 2 rings (SSSR count). The number of carbonyl (C=O) groups is 1. The van der Waals surface area contributed by atoms with E-state index in [4.69, 9.17) is 0 Å². The fraction of sp³-hybridized carbons (Fsp3) is 0.500. The molecule has 0 bridgehead atoms. The van der Waals surface area contributed by atoms with Gasteiger partial charge in [0.2, 0.25) is 0 Å². The molecule has 0 amide bonds. The average Bonchev–Trinajstić information content (AvgIpc) is 2.39. The summed E-state index contributed by atoms with van der Waals surface area (Å²) in [6, 6.07) is 9.52. The minimum atomic E-state index is -0.908. The first-order valence-corrected chi connectivity index (χ1v) is 6.93. The molecule has 1 aliphatic rings. The molecule has 92 valence electrons. The van der Waals surface area contributed by atoms with Crippen LogP contribution in [0.5, 0.6) is 0 Å². The summed E-state index contributed by atoms with van der Waals surface area (Å²) in [6.45, 7) is 0. The van der Waals surface area contributed by atoms with Crippen molar-refractivity contribution < 1.29 is 9.90 Å². The fourth-order valence-electron chi connectivity index (χ4n) is 2.71. The predicted molar refractivity (Wildman–Crippen MR) is 71.3 cm³/mol. The molecule has 0 aromatic heterocycles. The Hall–Kier alpha value is -0.830. The maximum absolute atomic E-state index is 11.7. The first-order valence-electron chi connectivity index (χ1n) is 6.13. The average molecular weight is 297 g/mol. The van der Waals surface area contributed by atoms with Crippen molar-refractivity contribution in [2.75, 3.05) is 0 Å². The lowest BCUT2D eigenvalue weighted by molar-refractivity contribution is -0.141. The van der Waals surface area contributed by atoms with E-state index >= 15 is 0 Å². The quantitative estimate of drug-likeness (QED) is 0.858. The Morgan fingerprint density at radius 3 is 2.29 bits per heavy atom. The van der Waals surface area contributed by atoms with Crippen LogP contribution in [0.4, 0.5) is 0 Å². The number of alkyl halides is 1. The number of rotatable bonds is 3. The number of hydrogen-bond donors (Lipinski definition) is 1. The molecule has 0 radical (unpaired) electrons. The molecule has 1 unspecified atom stereocenters. The zero-order chi connectivity index (χ0) is 12.3. The highest BCUT2D eigenvalue weighted by Gasteiger charge is 2.45. The van der Waals surface area contributed by atoms with E-state index in [1.807, 2.05) is 30.3 Å². The van der Waals surface area contributed by atoms with E-state index in [1.165, 1.54) is 6.42 Å². The van der Waals surface area contributed by atoms with E-state index in [1.54, 1.807) is 0 Å². The third-order valence-electron chi connectivity index (χ3n) is 3.67. The Morgan fingerprint density at radius 2 is 1.76 bits per heavy atom. The Morgan fingerprint density at radius 1 is 1.18 bits per heavy atom. The van der Waals surface area contributed by atoms with Crippen molar-refractivity contribution in [3.8, 4) is 0 Å². The lowest BCUT2D eigenvalue weighted by Gasteiger charge is -2.35. The SMILES string of the molecule is O=C(O)C(Br)(c1ccccc1)C1CCCCC1. The molecular weight excluding hydrogens is 280 g/mol. The van der Waals surface area contributed by atoms with Crippen LogP contribution in [-0.2, 0) is 9.12 Å². The fourth-order valence-corrected chi connectivity index (χ4v) is 3.44. The van der Waals surface area contributed by atoms with E-state index in [0.29, 0.717) is 0 Å². The monoisotopic (exact) mass is 296 g/mol. The Balaban J connectivity index is 2.35. The minimum absolute atomic E-state index is 0.191. The Labute approximate surface area is 110 Å². The number of aliphatic carboxylic acids is 1. The molecule has 17 heavy (non-hydrogen) atoms. The zero-order valence-corrected chi connectivity index (χ0v) is 11.3. The molecule has 1 aromatic rings. The van der Waals surface area contributed by atoms with E-state index in [9.17, 15) is 9.90 Å². The van der Waals surface area contributed by atoms with Crippen LogP contribution >= 0.6 is 15.9 Å². The van der Waals surface area contributed by atoms with E-state index < -0.39 is 10.3 Å². The number of hydrogen-bond acceptors (Lipinski definition) is 1. The number of benzene rings is 1. The lowest BCUT2D eigenvalue weighted by atomic mass is 9.76. The van der Waals surface area contributed by atoms with Crippen molar-refractivity contribution in [3.05, 3.63) is 35.9 Å². The molecule has 3 heteroatoms. The Bertz CT molecular complexity index is 384. The van der Waals surface area contributed by atoms with Gasteiger partial charge in [0.15, 0.2) is 4.32 Å². The molecule has 0 saturated heterocycles. The van der Waals surface area contributed by atoms with Gasteiger partial charge in [0.05, 0.1) is 0 Å². The molecule has 1 aromatic carbocycles. The molecule has 1 atom stereocenters. The van der Waals surface area contributed by atoms with Gasteiger partial charge in [0, 0.05) is 0 Å². The molecule has 0 heterocycles. The van der Waals surface area contributed by atoms with Gasteiger partial charge in [-0.25, -0.2) is 0 Å². The molecule has 1 N–H and O–H groups in total. The van der Waals surface area contributed by atoms with Crippen LogP contribution in [0.3, 0.4) is 0 Å². The van der Waals surface area contributed by atoms with Crippen molar-refractivity contribution in [1.82, 2.24) is 0 Å². The number of carboxylic acid groups (broad SMARTS) is 1. The smallest absolute Gasteiger partial charge is 0.325 e. The summed E-state index contributed by atoms with van der Waals surface area (Å²) in [5.74, 6) is -0.577. The van der Waals surface area contributed by atoms with E-state index in [0.717, 1.165) is 31.2 Å². The van der Waals surface area contributed by atoms with Crippen molar-refractivity contribution in [1.29, 1.82) is 0 Å². The first kappa shape index (κ1) is 12.6. The second-order valence-electron chi connectivity index (χ2n) is 4.72. The summed E-state index contributed by atoms with van der Waals surface area (Å²) < 4.78 is -0.908. The lowest BCUT2D eigenvalue weighted by Crippen LogP contribution is -2.38. The molecular formula is C14H17BrO2. The highest BCUT2D eigenvalue weighted by Crippen LogP contribution is 2.45. The van der Waals surface area contributed by atoms with Gasteiger partial charge in [-0.15, -0.1) is 0 Å². The van der Waals surface area contributed by atoms with Crippen molar-refractivity contribution >= 4 is 21.9 Å². The third-order valence-corrected chi connectivity index (χ3v) is 5.12. The van der Waals surface area contributed by atoms with Gasteiger partial charge in [-0.1, -0.05) is 65.5 Å². The first-order chi connectivity index (χ1) is 8.15. The van der Waals surface area contributed by atoms with Gasteiger partial charge in [0.1, 0.15) is 0 Å². The van der Waals surface area contributed by atoms with Gasteiger partial charge in [-0.2, -0.15) is 0 Å². The second-order valence-corrected chi connectivity index (χ2v) is 5.97. The topological polar surface area (TPSA) is 37.3 Å². The number of carboxylic acids is 1. The Kier molecular flexibility index (Phi) is 3.87. The third kappa shape index (κ3) is 2.39. The standard InChI is InChI=1S/C14H17BrO2/c15-14(13(16)17,11-7-3-1-4-8-11)12-9-5-2-6-10-12/h1,3-4,7-8,12H,2,5-6,9-10H2,(H,16,17). The zero-order valence-electron chi connectivity index (χ0n) is 9.73. The molecule has 1 saturated carbocycles. The van der Waals surface area contributed by atoms with Crippen molar-refractivity contribution in [2.45, 2.75) is 36.4 Å². The summed E-state index contributed by atoms with van der Waals surface area (Å²) in [5.41, 5.74) is 0.861. The van der Waals surface area contributed by atoms with E-state index in [-0.39, 0.29) is 5.92 Å². The maximum atomic E-state index is 11.7. The van der Waals surface area contributed by atoms with Gasteiger partial charge < -0.3 is 5.11 Å². The van der Waals surface area contributed by atoms with Crippen LogP contribution in [-0.4, -0.2) is 11.1 Å². The summed E-state index contributed by atoms with van der Waals surface area (Å²) >= 11 is 3.52. The normalized spacial score (nSPS) is 20.8. The van der Waals surface area contributed by atoms with Crippen LogP contribution < -0.4 is 0 Å². The molecule has 0 aliphatic heterocycles. The van der Waals surface area contributed by atoms with Gasteiger partial charge in [-0.3, -0.25) is 4.79 Å². The molecule has 0 spiro atoms. The van der Waals surface area contributed by atoms with Gasteiger partial charge in [0.25, 0.3) is 0 Å². The summed E-state index contributed by atoms with van der Waals surface area (Å²) in [4.78, 5) is 11.7. The largest absolute Gasteiger partial charge is 0.480 e. The van der Waals surface area contributed by atoms with Gasteiger partial charge >= 0.3 is 5.97 Å². The van der Waals surface area contributed by atoms with Gasteiger partial charge in [-0.05, 0) is 24.3 Å². The molecule has 1 fully saturated rings. The highest BCUT2D eigenvalue weighted by molar-refractivity contribution is 9.10. The van der Waals surface area contributed by atoms with Crippen LogP contribution in [0, 0.1) is 5.92 Å². The summed E-state index contributed by atoms with van der Waals surface area (Å²) in [7, 11) is 0. The highest BCUT2D eigenvalue weighted by atomic mass is 79.9. The summed E-state index contributed by atoms with van der Waals surface area (Å²) in [5, 5.41) is 9.59. The van der Waals surface area contributed by atoms with Crippen LogP contribution in [0.15, 0.2) is 30.3 Å². The summed E-state index contributed by atoms with van der Waals surface area (Å²) in [6.07, 6.45) is 5.49. The van der Waals surface area contributed by atoms with Crippen LogP contribution in [0.2, 0.25) is 0 Å². The second kappa shape index (κ2) is 5.21. The molecule has 2 nitrogen and oxygen atoms in total. The molecule has 1 aliphatic carbocycles. The number of halogens is 1. The van der Waals surface area contributed by atoms with E-state index in [2.05, 4.69) is 15.9 Å². The predicted octanol–water partition coefficient (Wildman–Crippen LogP) is 3.94. The van der Waals surface area contributed by atoms with Crippen molar-refractivity contribution in [3.63, 3.8) is 0 Å². The minimum Gasteiger partial charge on any atom is -0.480 e.